The first-order valence-corrected chi connectivity index (χ1v) is 4.28. The normalized spacial score (nSPS) is 14.0. The van der Waals surface area contributed by atoms with Crippen LogP contribution in [0, 0.1) is 11.3 Å². The van der Waals surface area contributed by atoms with E-state index in [1.54, 1.807) is 0 Å². The quantitative estimate of drug-likeness (QED) is 0.544. The number of rotatable bonds is 3. The van der Waals surface area contributed by atoms with Crippen molar-refractivity contribution in [3.63, 3.8) is 0 Å². The molecule has 1 heterocycles. The Hall–Kier alpha value is -1.77. The van der Waals surface area contributed by atoms with Gasteiger partial charge in [0, 0.05) is 23.5 Å². The summed E-state index contributed by atoms with van der Waals surface area (Å²) in [6.45, 7) is 1.37. The van der Waals surface area contributed by atoms with Gasteiger partial charge in [0.25, 0.3) is 0 Å². The number of hydrogen-bond donors (Lipinski definition) is 2. The van der Waals surface area contributed by atoms with Gasteiger partial charge in [-0.15, -0.1) is 0 Å². The van der Waals surface area contributed by atoms with Gasteiger partial charge in [0.15, 0.2) is 11.9 Å². The molecule has 2 unspecified atom stereocenters. The number of pyridine rings is 1. The van der Waals surface area contributed by atoms with Gasteiger partial charge in [-0.25, -0.2) is 0 Å². The average molecular weight is 206 g/mol. The maximum absolute atomic E-state index is 11.0. The molecule has 0 fully saturated rings. The molecule has 78 valence electrons. The largest absolute Gasteiger partial charge is 0.384 e. The lowest BCUT2D eigenvalue weighted by Crippen LogP contribution is -2.16. The van der Waals surface area contributed by atoms with Gasteiger partial charge in [0.1, 0.15) is 6.10 Å². The maximum atomic E-state index is 11.0. The first-order valence-electron chi connectivity index (χ1n) is 4.28. The fraction of sp³-hybridized carbons (Fsp3) is 0.300. The first-order chi connectivity index (χ1) is 7.06. The Morgan fingerprint density at radius 2 is 2.20 bits per heavy atom. The van der Waals surface area contributed by atoms with E-state index in [2.05, 4.69) is 4.98 Å². The summed E-state index contributed by atoms with van der Waals surface area (Å²) in [6.07, 6.45) is -0.203. The van der Waals surface area contributed by atoms with Gasteiger partial charge >= 0.3 is 0 Å². The highest BCUT2D eigenvalue weighted by atomic mass is 16.3. The van der Waals surface area contributed by atoms with Gasteiger partial charge in [0.05, 0.1) is 6.07 Å². The lowest BCUT2D eigenvalue weighted by atomic mass is 10.0. The van der Waals surface area contributed by atoms with E-state index in [9.17, 15) is 9.90 Å². The number of carbonyl (C=O) groups excluding carboxylic acids is 1. The van der Waals surface area contributed by atoms with E-state index in [1.165, 1.54) is 31.5 Å². The third-order valence-corrected chi connectivity index (χ3v) is 1.94. The van der Waals surface area contributed by atoms with Crippen LogP contribution >= 0.6 is 0 Å². The van der Waals surface area contributed by atoms with Crippen molar-refractivity contribution in [3.8, 4) is 6.07 Å². The van der Waals surface area contributed by atoms with Gasteiger partial charge in [-0.1, -0.05) is 0 Å². The van der Waals surface area contributed by atoms with Crippen LogP contribution in [0.15, 0.2) is 18.5 Å². The summed E-state index contributed by atoms with van der Waals surface area (Å²) in [5, 5.41) is 27.0. The summed E-state index contributed by atoms with van der Waals surface area (Å²) in [6, 6.07) is 2.91. The van der Waals surface area contributed by atoms with Crippen LogP contribution in [-0.4, -0.2) is 27.1 Å². The van der Waals surface area contributed by atoms with Crippen LogP contribution in [0.1, 0.15) is 28.9 Å². The van der Waals surface area contributed by atoms with Gasteiger partial charge in [-0.3, -0.25) is 9.78 Å². The zero-order chi connectivity index (χ0) is 11.4. The van der Waals surface area contributed by atoms with Crippen molar-refractivity contribution < 1.29 is 15.0 Å². The molecule has 0 aliphatic rings. The summed E-state index contributed by atoms with van der Waals surface area (Å²) in [5.41, 5.74) is 0.577. The predicted octanol–water partition coefficient (Wildman–Crippen LogP) is 0.202. The lowest BCUT2D eigenvalue weighted by molar-refractivity contribution is 0.0525. The van der Waals surface area contributed by atoms with E-state index in [1.807, 2.05) is 0 Å². The SMILES string of the molecule is CC(=O)c1cncc(C(O)C(O)C#N)c1. The third kappa shape index (κ3) is 2.59. The number of nitrogens with zero attached hydrogens (tertiary/aromatic N) is 2. The summed E-state index contributed by atoms with van der Waals surface area (Å²) in [7, 11) is 0. The Balaban J connectivity index is 3.01. The van der Waals surface area contributed by atoms with Crippen molar-refractivity contribution in [1.29, 1.82) is 5.26 Å². The molecule has 0 saturated carbocycles. The Morgan fingerprint density at radius 3 is 2.73 bits per heavy atom. The smallest absolute Gasteiger partial charge is 0.170 e. The lowest BCUT2D eigenvalue weighted by Gasteiger charge is -2.11. The van der Waals surface area contributed by atoms with E-state index in [0.717, 1.165) is 0 Å². The molecule has 1 aromatic rings. The molecule has 15 heavy (non-hydrogen) atoms. The van der Waals surface area contributed by atoms with Crippen LogP contribution in [0.5, 0.6) is 0 Å². The van der Waals surface area contributed by atoms with Crippen LogP contribution in [0.4, 0.5) is 0 Å². The van der Waals surface area contributed by atoms with Crippen LogP contribution in [0.25, 0.3) is 0 Å². The van der Waals surface area contributed by atoms with Gasteiger partial charge in [-0.05, 0) is 13.0 Å². The third-order valence-electron chi connectivity index (χ3n) is 1.94. The molecular weight excluding hydrogens is 196 g/mol. The number of nitriles is 1. The molecule has 0 aliphatic carbocycles. The zero-order valence-electron chi connectivity index (χ0n) is 8.08. The van der Waals surface area contributed by atoms with Crippen molar-refractivity contribution in [2.24, 2.45) is 0 Å². The highest BCUT2D eigenvalue weighted by Crippen LogP contribution is 2.16. The Labute approximate surface area is 86.6 Å². The molecule has 0 bridgehead atoms. The van der Waals surface area contributed by atoms with E-state index in [0.29, 0.717) is 5.56 Å². The second kappa shape index (κ2) is 4.64. The highest BCUT2D eigenvalue weighted by Gasteiger charge is 2.18. The molecule has 1 aromatic heterocycles. The van der Waals surface area contributed by atoms with Crippen LogP contribution < -0.4 is 0 Å². The van der Waals surface area contributed by atoms with Crippen molar-refractivity contribution >= 4 is 5.78 Å². The zero-order valence-corrected chi connectivity index (χ0v) is 8.08. The second-order valence-corrected chi connectivity index (χ2v) is 3.08. The number of aliphatic hydroxyl groups excluding tert-OH is 2. The summed E-state index contributed by atoms with van der Waals surface area (Å²) in [5.74, 6) is -0.192. The number of aliphatic hydroxyl groups is 2. The monoisotopic (exact) mass is 206 g/mol. The van der Waals surface area contributed by atoms with Crippen molar-refractivity contribution in [2.45, 2.75) is 19.1 Å². The molecule has 0 amide bonds. The van der Waals surface area contributed by atoms with Crippen molar-refractivity contribution in [1.82, 2.24) is 4.98 Å². The Bertz CT molecular complexity index is 411. The maximum Gasteiger partial charge on any atom is 0.170 e. The molecule has 0 aromatic carbocycles. The van der Waals surface area contributed by atoms with E-state index in [4.69, 9.17) is 10.4 Å². The minimum Gasteiger partial charge on any atom is -0.384 e. The van der Waals surface area contributed by atoms with Crippen LogP contribution in [0.2, 0.25) is 0 Å². The summed E-state index contributed by atoms with van der Waals surface area (Å²) < 4.78 is 0. The Morgan fingerprint density at radius 1 is 1.53 bits per heavy atom. The fourth-order valence-corrected chi connectivity index (χ4v) is 1.06. The topological polar surface area (TPSA) is 94.2 Å². The number of Topliss-reactive ketones (excluding diaryl/α,β-unsaturated/α-hetero) is 1. The Kier molecular flexibility index (Phi) is 3.50. The predicted molar refractivity (Wildman–Crippen MR) is 50.8 cm³/mol. The van der Waals surface area contributed by atoms with Gasteiger partial charge in [0.2, 0.25) is 0 Å². The first kappa shape index (κ1) is 11.3. The van der Waals surface area contributed by atoms with E-state index >= 15 is 0 Å². The van der Waals surface area contributed by atoms with E-state index in [-0.39, 0.29) is 11.3 Å². The highest BCUT2D eigenvalue weighted by molar-refractivity contribution is 5.93. The minimum atomic E-state index is -1.52. The standard InChI is InChI=1S/C10H10N2O3/c1-6(13)7-2-8(5-12-4-7)10(15)9(14)3-11/h2,4-5,9-10,14-15H,1H3. The molecule has 0 spiro atoms. The van der Waals surface area contributed by atoms with E-state index < -0.39 is 12.2 Å². The average Bonchev–Trinajstić information content (AvgIpc) is 2.27. The minimum absolute atomic E-state index is 0.192. The molecule has 2 N–H and O–H groups in total. The molecule has 5 heteroatoms. The van der Waals surface area contributed by atoms with Gasteiger partial charge < -0.3 is 10.2 Å². The fourth-order valence-electron chi connectivity index (χ4n) is 1.06. The number of hydrogen-bond acceptors (Lipinski definition) is 5. The molecule has 2 atom stereocenters. The summed E-state index contributed by atoms with van der Waals surface area (Å²) in [4.78, 5) is 14.8. The number of aromatic nitrogens is 1. The van der Waals surface area contributed by atoms with Crippen molar-refractivity contribution in [3.05, 3.63) is 29.6 Å². The number of ketones is 1. The van der Waals surface area contributed by atoms with Crippen LogP contribution in [0.3, 0.4) is 0 Å². The second-order valence-electron chi connectivity index (χ2n) is 3.08. The molecule has 0 aliphatic heterocycles. The molecule has 5 nitrogen and oxygen atoms in total. The van der Waals surface area contributed by atoms with Crippen LogP contribution in [-0.2, 0) is 0 Å². The number of carbonyl (C=O) groups is 1. The van der Waals surface area contributed by atoms with Gasteiger partial charge in [-0.2, -0.15) is 5.26 Å². The molecule has 0 radical (unpaired) electrons. The molecule has 0 saturated heterocycles. The summed E-state index contributed by atoms with van der Waals surface area (Å²) >= 11 is 0. The molecule has 1 rings (SSSR count). The molecular formula is C10H10N2O3. The van der Waals surface area contributed by atoms with Crippen molar-refractivity contribution in [2.75, 3.05) is 0 Å².